The zero-order chi connectivity index (χ0) is 14.2. The van der Waals surface area contributed by atoms with Crippen LogP contribution in [0.1, 0.15) is 31.3 Å². The van der Waals surface area contributed by atoms with E-state index in [-0.39, 0.29) is 5.92 Å². The van der Waals surface area contributed by atoms with Crippen molar-refractivity contribution in [2.75, 3.05) is 0 Å². The highest BCUT2D eigenvalue weighted by Gasteiger charge is 2.29. The van der Waals surface area contributed by atoms with Gasteiger partial charge in [-0.05, 0) is 23.6 Å². The van der Waals surface area contributed by atoms with E-state index in [4.69, 9.17) is 10.2 Å². The van der Waals surface area contributed by atoms with Crippen LogP contribution < -0.4 is 5.73 Å². The topological polar surface area (TPSA) is 89.3 Å². The summed E-state index contributed by atoms with van der Waals surface area (Å²) in [7, 11) is 0. The summed E-state index contributed by atoms with van der Waals surface area (Å²) in [5.74, 6) is -0.953. The minimum absolute atomic E-state index is 0.0396. The van der Waals surface area contributed by atoms with Gasteiger partial charge >= 0.3 is 5.97 Å². The molecule has 0 bridgehead atoms. The minimum Gasteiger partial charge on any atom is -0.481 e. The first-order valence-electron chi connectivity index (χ1n) is 6.25. The second-order valence-electron chi connectivity index (χ2n) is 5.09. The van der Waals surface area contributed by atoms with Gasteiger partial charge in [0.2, 0.25) is 0 Å². The van der Waals surface area contributed by atoms with Crippen molar-refractivity contribution in [1.82, 2.24) is 4.98 Å². The van der Waals surface area contributed by atoms with Crippen LogP contribution in [0.15, 0.2) is 22.6 Å². The van der Waals surface area contributed by atoms with E-state index in [0.29, 0.717) is 17.0 Å². The Morgan fingerprint density at radius 1 is 1.42 bits per heavy atom. The maximum absolute atomic E-state index is 11.3. The number of carboxylic acids is 1. The molecular formula is C14H18N2O3. The normalized spacial score (nSPS) is 14.8. The van der Waals surface area contributed by atoms with E-state index in [2.05, 4.69) is 4.98 Å². The third kappa shape index (κ3) is 2.61. The van der Waals surface area contributed by atoms with Crippen LogP contribution in [0, 0.1) is 18.8 Å². The lowest BCUT2D eigenvalue weighted by Gasteiger charge is -2.23. The number of aryl methyl sites for hydroxylation is 1. The Kier molecular flexibility index (Phi) is 3.57. The van der Waals surface area contributed by atoms with Gasteiger partial charge in [-0.2, -0.15) is 0 Å². The summed E-state index contributed by atoms with van der Waals surface area (Å²) in [6, 6.07) is 4.83. The predicted octanol–water partition coefficient (Wildman–Crippen LogP) is 2.49. The monoisotopic (exact) mass is 262 g/mol. The summed E-state index contributed by atoms with van der Waals surface area (Å²) in [4.78, 5) is 15.5. The van der Waals surface area contributed by atoms with Gasteiger partial charge in [-0.1, -0.05) is 19.9 Å². The number of aromatic nitrogens is 1. The predicted molar refractivity (Wildman–Crippen MR) is 71.6 cm³/mol. The van der Waals surface area contributed by atoms with Crippen LogP contribution >= 0.6 is 0 Å². The Balaban J connectivity index is 2.39. The van der Waals surface area contributed by atoms with Gasteiger partial charge in [-0.25, -0.2) is 4.98 Å². The van der Waals surface area contributed by atoms with E-state index in [1.54, 1.807) is 25.1 Å². The average Bonchev–Trinajstić information content (AvgIpc) is 2.66. The fraction of sp³-hybridized carbons (Fsp3) is 0.429. The van der Waals surface area contributed by atoms with E-state index in [1.807, 2.05) is 13.8 Å². The van der Waals surface area contributed by atoms with Crippen molar-refractivity contribution in [1.29, 1.82) is 0 Å². The number of carboxylic acid groups (broad SMARTS) is 1. The molecule has 2 aromatic rings. The van der Waals surface area contributed by atoms with Gasteiger partial charge in [-0.15, -0.1) is 0 Å². The van der Waals surface area contributed by atoms with Gasteiger partial charge in [0.05, 0.1) is 5.92 Å². The molecule has 1 aromatic heterocycles. The van der Waals surface area contributed by atoms with E-state index in [0.717, 1.165) is 5.56 Å². The highest BCUT2D eigenvalue weighted by Crippen LogP contribution is 2.28. The third-order valence-corrected chi connectivity index (χ3v) is 3.29. The van der Waals surface area contributed by atoms with Crippen LogP contribution in [0.25, 0.3) is 11.1 Å². The molecule has 5 nitrogen and oxygen atoms in total. The fourth-order valence-electron chi connectivity index (χ4n) is 2.33. The summed E-state index contributed by atoms with van der Waals surface area (Å²) in [6.07, 6.45) is 0. The average molecular weight is 262 g/mol. The van der Waals surface area contributed by atoms with Gasteiger partial charge in [0.25, 0.3) is 0 Å². The first kappa shape index (κ1) is 13.5. The molecule has 2 rings (SSSR count). The molecule has 0 aliphatic heterocycles. The molecule has 0 aliphatic rings. The number of aliphatic carboxylic acids is 1. The smallest absolute Gasteiger partial charge is 0.308 e. The summed E-state index contributed by atoms with van der Waals surface area (Å²) < 4.78 is 5.39. The van der Waals surface area contributed by atoms with Crippen molar-refractivity contribution >= 4 is 17.1 Å². The zero-order valence-corrected chi connectivity index (χ0v) is 11.3. The fourth-order valence-corrected chi connectivity index (χ4v) is 2.33. The second-order valence-corrected chi connectivity index (χ2v) is 5.09. The molecule has 0 radical (unpaired) electrons. The lowest BCUT2D eigenvalue weighted by Crippen LogP contribution is -2.32. The Hall–Kier alpha value is -1.88. The molecule has 0 amide bonds. The number of fused-ring (bicyclic) bond motifs is 1. The SMILES string of the molecule is Cc1nc2cc(C(N)C(C(=O)O)C(C)C)ccc2o1. The maximum atomic E-state index is 11.3. The lowest BCUT2D eigenvalue weighted by molar-refractivity contribution is -0.144. The van der Waals surface area contributed by atoms with Gasteiger partial charge in [0, 0.05) is 13.0 Å². The van der Waals surface area contributed by atoms with Crippen LogP contribution in [0.4, 0.5) is 0 Å². The molecule has 0 spiro atoms. The highest BCUT2D eigenvalue weighted by molar-refractivity contribution is 5.75. The van der Waals surface area contributed by atoms with E-state index >= 15 is 0 Å². The first-order chi connectivity index (χ1) is 8.90. The standard InChI is InChI=1S/C14H18N2O3/c1-7(2)12(14(17)18)13(15)9-4-5-11-10(6-9)16-8(3)19-11/h4-7,12-13H,15H2,1-3H3,(H,17,18). The molecule has 0 saturated carbocycles. The Bertz CT molecular complexity index is 604. The number of rotatable bonds is 4. The quantitative estimate of drug-likeness (QED) is 0.883. The summed E-state index contributed by atoms with van der Waals surface area (Å²) >= 11 is 0. The number of nitrogens with zero attached hydrogens (tertiary/aromatic N) is 1. The second kappa shape index (κ2) is 5.01. The van der Waals surface area contributed by atoms with E-state index < -0.39 is 17.9 Å². The van der Waals surface area contributed by atoms with E-state index in [1.165, 1.54) is 0 Å². The Morgan fingerprint density at radius 2 is 2.11 bits per heavy atom. The number of hydrogen-bond acceptors (Lipinski definition) is 4. The minimum atomic E-state index is -0.876. The number of carbonyl (C=O) groups is 1. The van der Waals surface area contributed by atoms with Gasteiger partial charge < -0.3 is 15.3 Å². The molecule has 19 heavy (non-hydrogen) atoms. The number of benzene rings is 1. The first-order valence-corrected chi connectivity index (χ1v) is 6.25. The van der Waals surface area contributed by atoms with Crippen molar-refractivity contribution in [3.05, 3.63) is 29.7 Å². The Labute approximate surface area is 111 Å². The molecule has 0 aliphatic carbocycles. The van der Waals surface area contributed by atoms with Crippen LogP contribution in [-0.4, -0.2) is 16.1 Å². The van der Waals surface area contributed by atoms with Gasteiger partial charge in [0.15, 0.2) is 11.5 Å². The van der Waals surface area contributed by atoms with Crippen molar-refractivity contribution < 1.29 is 14.3 Å². The zero-order valence-electron chi connectivity index (χ0n) is 11.3. The summed E-state index contributed by atoms with van der Waals surface area (Å²) in [6.45, 7) is 5.49. The highest BCUT2D eigenvalue weighted by atomic mass is 16.4. The van der Waals surface area contributed by atoms with Crippen LogP contribution in [0.3, 0.4) is 0 Å². The van der Waals surface area contributed by atoms with Crippen molar-refractivity contribution in [3.8, 4) is 0 Å². The lowest BCUT2D eigenvalue weighted by atomic mass is 9.85. The maximum Gasteiger partial charge on any atom is 0.308 e. The summed E-state index contributed by atoms with van der Waals surface area (Å²) in [5.41, 5.74) is 8.26. The van der Waals surface area contributed by atoms with Gasteiger partial charge in [-0.3, -0.25) is 4.79 Å². The third-order valence-electron chi connectivity index (χ3n) is 3.29. The molecular weight excluding hydrogens is 244 g/mol. The number of hydrogen-bond donors (Lipinski definition) is 2. The van der Waals surface area contributed by atoms with Crippen molar-refractivity contribution in [2.24, 2.45) is 17.6 Å². The molecule has 102 valence electrons. The molecule has 5 heteroatoms. The molecule has 3 N–H and O–H groups in total. The molecule has 1 aromatic carbocycles. The van der Waals surface area contributed by atoms with Gasteiger partial charge in [0.1, 0.15) is 5.52 Å². The molecule has 1 heterocycles. The van der Waals surface area contributed by atoms with E-state index in [9.17, 15) is 9.90 Å². The van der Waals surface area contributed by atoms with Crippen LogP contribution in [0.5, 0.6) is 0 Å². The molecule has 0 fully saturated rings. The van der Waals surface area contributed by atoms with Crippen LogP contribution in [-0.2, 0) is 4.79 Å². The van der Waals surface area contributed by atoms with Crippen molar-refractivity contribution in [3.63, 3.8) is 0 Å². The number of nitrogens with two attached hydrogens (primary N) is 1. The molecule has 2 unspecified atom stereocenters. The number of oxazole rings is 1. The molecule has 2 atom stereocenters. The summed E-state index contributed by atoms with van der Waals surface area (Å²) in [5, 5.41) is 9.28. The molecule has 0 saturated heterocycles. The van der Waals surface area contributed by atoms with Crippen LogP contribution in [0.2, 0.25) is 0 Å². The Morgan fingerprint density at radius 3 is 2.68 bits per heavy atom. The van der Waals surface area contributed by atoms with Crippen molar-refractivity contribution in [2.45, 2.75) is 26.8 Å². The largest absolute Gasteiger partial charge is 0.481 e.